The second-order valence-corrected chi connectivity index (χ2v) is 5.62. The smallest absolute Gasteiger partial charge is 0.163 e. The molecule has 0 spiro atoms. The Bertz CT molecular complexity index is 794. The Morgan fingerprint density at radius 3 is 2.71 bits per heavy atom. The molecule has 0 radical (unpaired) electrons. The number of anilines is 1. The monoisotopic (exact) mass is 301 g/mol. The first-order valence-electron chi connectivity index (χ1n) is 6.79. The van der Waals surface area contributed by atoms with Gasteiger partial charge in [0.15, 0.2) is 5.65 Å². The number of nitrogens with two attached hydrogens (primary N) is 1. The molecule has 108 valence electrons. The fraction of sp³-hybridized carbons (Fsp3) is 0.267. The highest BCUT2D eigenvalue weighted by Gasteiger charge is 2.17. The number of hydrogen-bond donors (Lipinski definition) is 1. The molecule has 0 bridgehead atoms. The van der Waals surface area contributed by atoms with Crippen molar-refractivity contribution in [3.05, 3.63) is 46.9 Å². The van der Waals surface area contributed by atoms with Gasteiger partial charge in [0.2, 0.25) is 0 Å². The third-order valence-corrected chi connectivity index (χ3v) is 3.76. The first-order chi connectivity index (χ1) is 10.1. The molecule has 0 aliphatic rings. The van der Waals surface area contributed by atoms with Crippen LogP contribution in [0.25, 0.3) is 11.0 Å². The topological polar surface area (TPSA) is 69.6 Å². The summed E-state index contributed by atoms with van der Waals surface area (Å²) in [7, 11) is 0. The van der Waals surface area contributed by atoms with Crippen molar-refractivity contribution >= 4 is 28.5 Å². The maximum atomic E-state index is 6.24. The summed E-state index contributed by atoms with van der Waals surface area (Å²) in [6, 6.07) is 7.93. The zero-order chi connectivity index (χ0) is 15.0. The van der Waals surface area contributed by atoms with Gasteiger partial charge >= 0.3 is 0 Å². The minimum absolute atomic E-state index is 0.196. The number of aromatic nitrogens is 4. The number of benzene rings is 1. The Morgan fingerprint density at radius 2 is 2.00 bits per heavy atom. The van der Waals surface area contributed by atoms with Gasteiger partial charge in [-0.2, -0.15) is 5.10 Å². The van der Waals surface area contributed by atoms with Crippen LogP contribution < -0.4 is 5.73 Å². The highest BCUT2D eigenvalue weighted by Crippen LogP contribution is 2.27. The number of nitrogen functional groups attached to an aromatic ring is 1. The van der Waals surface area contributed by atoms with E-state index < -0.39 is 0 Å². The number of hydrogen-bond acceptors (Lipinski definition) is 4. The fourth-order valence-electron chi connectivity index (χ4n) is 2.37. The van der Waals surface area contributed by atoms with E-state index in [9.17, 15) is 0 Å². The second-order valence-electron chi connectivity index (χ2n) is 5.21. The van der Waals surface area contributed by atoms with Crippen LogP contribution in [0.5, 0.6) is 0 Å². The molecular weight excluding hydrogens is 286 g/mol. The summed E-state index contributed by atoms with van der Waals surface area (Å²) in [6.45, 7) is 4.12. The van der Waals surface area contributed by atoms with Gasteiger partial charge in [-0.1, -0.05) is 29.8 Å². The highest BCUT2D eigenvalue weighted by molar-refractivity contribution is 6.31. The maximum Gasteiger partial charge on any atom is 0.163 e. The van der Waals surface area contributed by atoms with E-state index in [1.807, 2.05) is 28.9 Å². The standard InChI is InChI=1S/C15H16ClN5/c1-9(2)21-15-13(14(17)18-8-19-15)12(20-21)7-10-5-3-4-6-11(10)16/h3-6,8-9H,7H2,1-2H3,(H2,17,18,19). The van der Waals surface area contributed by atoms with E-state index in [1.54, 1.807) is 0 Å². The average molecular weight is 302 g/mol. The summed E-state index contributed by atoms with van der Waals surface area (Å²) in [6.07, 6.45) is 2.07. The van der Waals surface area contributed by atoms with Crippen LogP contribution in [-0.2, 0) is 6.42 Å². The molecule has 1 aromatic carbocycles. The van der Waals surface area contributed by atoms with E-state index in [2.05, 4.69) is 28.9 Å². The van der Waals surface area contributed by atoms with Crippen LogP contribution in [0.1, 0.15) is 31.1 Å². The van der Waals surface area contributed by atoms with Crippen molar-refractivity contribution < 1.29 is 0 Å². The molecule has 21 heavy (non-hydrogen) atoms. The van der Waals surface area contributed by atoms with Gasteiger partial charge in [0.25, 0.3) is 0 Å². The molecule has 2 N–H and O–H groups in total. The molecule has 0 saturated heterocycles. The van der Waals surface area contributed by atoms with E-state index in [1.165, 1.54) is 6.33 Å². The van der Waals surface area contributed by atoms with Crippen LogP contribution >= 0.6 is 11.6 Å². The Balaban J connectivity index is 2.17. The Morgan fingerprint density at radius 1 is 1.24 bits per heavy atom. The van der Waals surface area contributed by atoms with Gasteiger partial charge in [-0.15, -0.1) is 0 Å². The van der Waals surface area contributed by atoms with Gasteiger partial charge in [0, 0.05) is 17.5 Å². The summed E-state index contributed by atoms with van der Waals surface area (Å²) in [5.74, 6) is 0.453. The van der Waals surface area contributed by atoms with Gasteiger partial charge in [0.05, 0.1) is 11.1 Å². The number of halogens is 1. The first kappa shape index (κ1) is 13.8. The molecule has 0 aliphatic carbocycles. The quantitative estimate of drug-likeness (QED) is 0.806. The molecular formula is C15H16ClN5. The molecule has 0 unspecified atom stereocenters. The molecule has 0 saturated carbocycles. The number of rotatable bonds is 3. The lowest BCUT2D eigenvalue weighted by molar-refractivity contribution is 0.541. The summed E-state index contributed by atoms with van der Waals surface area (Å²) in [5, 5.41) is 6.20. The molecule has 6 heteroatoms. The normalized spacial score (nSPS) is 11.4. The molecule has 5 nitrogen and oxygen atoms in total. The molecule has 0 aliphatic heterocycles. The molecule has 0 atom stereocenters. The summed E-state index contributed by atoms with van der Waals surface area (Å²) in [4.78, 5) is 8.41. The second kappa shape index (κ2) is 5.33. The highest BCUT2D eigenvalue weighted by atomic mass is 35.5. The predicted molar refractivity (Wildman–Crippen MR) is 84.4 cm³/mol. The Hall–Kier alpha value is -2.14. The fourth-order valence-corrected chi connectivity index (χ4v) is 2.58. The summed E-state index contributed by atoms with van der Waals surface area (Å²) in [5.41, 5.74) is 8.65. The van der Waals surface area contributed by atoms with Crippen molar-refractivity contribution in [2.24, 2.45) is 0 Å². The van der Waals surface area contributed by atoms with Crippen LogP contribution in [0.4, 0.5) is 5.82 Å². The van der Waals surface area contributed by atoms with Crippen LogP contribution in [0.2, 0.25) is 5.02 Å². The molecule has 2 aromatic heterocycles. The van der Waals surface area contributed by atoms with Crippen molar-refractivity contribution in [1.82, 2.24) is 19.7 Å². The van der Waals surface area contributed by atoms with E-state index in [-0.39, 0.29) is 6.04 Å². The van der Waals surface area contributed by atoms with Crippen molar-refractivity contribution in [2.75, 3.05) is 5.73 Å². The summed E-state index contributed by atoms with van der Waals surface area (Å²) < 4.78 is 1.87. The van der Waals surface area contributed by atoms with Gasteiger partial charge < -0.3 is 5.73 Å². The van der Waals surface area contributed by atoms with Crippen LogP contribution in [0.3, 0.4) is 0 Å². The van der Waals surface area contributed by atoms with E-state index in [0.29, 0.717) is 12.2 Å². The van der Waals surface area contributed by atoms with Gasteiger partial charge in [0.1, 0.15) is 12.1 Å². The van der Waals surface area contributed by atoms with Gasteiger partial charge in [-0.3, -0.25) is 0 Å². The average Bonchev–Trinajstić information content (AvgIpc) is 2.82. The molecule has 2 heterocycles. The molecule has 3 aromatic rings. The summed E-state index contributed by atoms with van der Waals surface area (Å²) >= 11 is 6.24. The third-order valence-electron chi connectivity index (χ3n) is 3.40. The first-order valence-corrected chi connectivity index (χ1v) is 7.16. The van der Waals surface area contributed by atoms with Crippen molar-refractivity contribution in [2.45, 2.75) is 26.3 Å². The Kier molecular flexibility index (Phi) is 3.51. The van der Waals surface area contributed by atoms with Crippen molar-refractivity contribution in [3.8, 4) is 0 Å². The van der Waals surface area contributed by atoms with Crippen molar-refractivity contribution in [3.63, 3.8) is 0 Å². The minimum Gasteiger partial charge on any atom is -0.383 e. The van der Waals surface area contributed by atoms with Crippen LogP contribution in [0.15, 0.2) is 30.6 Å². The van der Waals surface area contributed by atoms with E-state index in [0.717, 1.165) is 27.3 Å². The van der Waals surface area contributed by atoms with E-state index in [4.69, 9.17) is 17.3 Å². The lowest BCUT2D eigenvalue weighted by atomic mass is 10.1. The molecule has 0 fully saturated rings. The van der Waals surface area contributed by atoms with Crippen LogP contribution in [-0.4, -0.2) is 19.7 Å². The lowest BCUT2D eigenvalue weighted by Crippen LogP contribution is -2.04. The zero-order valence-electron chi connectivity index (χ0n) is 11.9. The van der Waals surface area contributed by atoms with E-state index >= 15 is 0 Å². The minimum atomic E-state index is 0.196. The van der Waals surface area contributed by atoms with Gasteiger partial charge in [-0.25, -0.2) is 14.6 Å². The maximum absolute atomic E-state index is 6.24. The number of nitrogens with zero attached hydrogens (tertiary/aromatic N) is 4. The molecule has 0 amide bonds. The molecule has 3 rings (SSSR count). The zero-order valence-corrected chi connectivity index (χ0v) is 12.7. The Labute approximate surface area is 127 Å². The van der Waals surface area contributed by atoms with Gasteiger partial charge in [-0.05, 0) is 25.5 Å². The SMILES string of the molecule is CC(C)n1nc(Cc2ccccc2Cl)c2c(N)ncnc21. The third kappa shape index (κ3) is 2.45. The largest absolute Gasteiger partial charge is 0.383 e. The predicted octanol–water partition coefficient (Wildman–Crippen LogP) is 3.23. The lowest BCUT2D eigenvalue weighted by Gasteiger charge is -2.05. The number of fused-ring (bicyclic) bond motifs is 1. The van der Waals surface area contributed by atoms with Crippen LogP contribution in [0, 0.1) is 0 Å². The van der Waals surface area contributed by atoms with Crippen molar-refractivity contribution in [1.29, 1.82) is 0 Å².